The average Bonchev–Trinajstić information content (AvgIpc) is 2.28. The van der Waals surface area contributed by atoms with Crippen molar-refractivity contribution in [2.24, 2.45) is 0 Å². The summed E-state index contributed by atoms with van der Waals surface area (Å²) >= 11 is 2.01. The third kappa shape index (κ3) is 4.45. The smallest absolute Gasteiger partial charge is 0.270 e. The molecule has 0 aromatic heterocycles. The summed E-state index contributed by atoms with van der Waals surface area (Å²) in [6, 6.07) is 4.30. The van der Waals surface area contributed by atoms with Gasteiger partial charge in [-0.15, -0.1) is 0 Å². The van der Waals surface area contributed by atoms with Crippen LogP contribution in [-0.4, -0.2) is 16.4 Å². The van der Waals surface area contributed by atoms with E-state index in [0.29, 0.717) is 9.13 Å². The van der Waals surface area contributed by atoms with E-state index in [1.165, 1.54) is 12.1 Å². The van der Waals surface area contributed by atoms with Crippen molar-refractivity contribution in [2.45, 2.75) is 39.2 Å². The van der Waals surface area contributed by atoms with Crippen molar-refractivity contribution >= 4 is 34.2 Å². The molecule has 0 aliphatic heterocycles. The third-order valence-corrected chi connectivity index (χ3v) is 3.67. The number of halogens is 1. The summed E-state index contributed by atoms with van der Waals surface area (Å²) < 4.78 is 0.702. The summed E-state index contributed by atoms with van der Waals surface area (Å²) in [5.74, 6) is -0.272. The number of hydrogen-bond donors (Lipinski definition) is 1. The van der Waals surface area contributed by atoms with Gasteiger partial charge in [0, 0.05) is 21.2 Å². The van der Waals surface area contributed by atoms with Gasteiger partial charge in [-0.05, 0) is 48.9 Å². The Labute approximate surface area is 126 Å². The topological polar surface area (TPSA) is 72.2 Å². The van der Waals surface area contributed by atoms with Crippen LogP contribution in [0, 0.1) is 13.7 Å². The van der Waals surface area contributed by atoms with Crippen LogP contribution in [0.3, 0.4) is 0 Å². The summed E-state index contributed by atoms with van der Waals surface area (Å²) in [4.78, 5) is 22.4. The quantitative estimate of drug-likeness (QED) is 0.486. The number of non-ortho nitro benzene ring substituents is 1. The van der Waals surface area contributed by atoms with E-state index < -0.39 is 4.92 Å². The summed E-state index contributed by atoms with van der Waals surface area (Å²) in [5.41, 5.74) is -0.0441. The highest BCUT2D eigenvalue weighted by atomic mass is 127. The van der Waals surface area contributed by atoms with E-state index in [0.717, 1.165) is 12.8 Å². The highest BCUT2D eigenvalue weighted by Crippen LogP contribution is 2.21. The Morgan fingerprint density at radius 1 is 1.47 bits per heavy atom. The standard InChI is InChI=1S/C13H17IN2O3/c1-4-7-13(2,3)15-12(17)10-8-9(16(18)19)5-6-11(10)14/h5-6,8H,4,7H2,1-3H3,(H,15,17). The van der Waals surface area contributed by atoms with Gasteiger partial charge in [0.25, 0.3) is 11.6 Å². The molecule has 1 amide bonds. The molecule has 19 heavy (non-hydrogen) atoms. The van der Waals surface area contributed by atoms with Gasteiger partial charge in [-0.2, -0.15) is 0 Å². The molecule has 1 N–H and O–H groups in total. The van der Waals surface area contributed by atoms with E-state index in [1.54, 1.807) is 6.07 Å². The van der Waals surface area contributed by atoms with Crippen LogP contribution in [-0.2, 0) is 0 Å². The van der Waals surface area contributed by atoms with E-state index in [9.17, 15) is 14.9 Å². The Hall–Kier alpha value is -1.18. The Balaban J connectivity index is 2.99. The maximum absolute atomic E-state index is 12.2. The second-order valence-electron chi connectivity index (χ2n) is 5.01. The number of carbonyl (C=O) groups is 1. The number of nitrogens with zero attached hydrogens (tertiary/aromatic N) is 1. The number of hydrogen-bond acceptors (Lipinski definition) is 3. The van der Waals surface area contributed by atoms with Crippen LogP contribution in [0.2, 0.25) is 0 Å². The first-order valence-electron chi connectivity index (χ1n) is 6.03. The van der Waals surface area contributed by atoms with Crippen LogP contribution < -0.4 is 5.32 Å². The van der Waals surface area contributed by atoms with E-state index in [2.05, 4.69) is 5.32 Å². The van der Waals surface area contributed by atoms with Crippen LogP contribution in [0.25, 0.3) is 0 Å². The molecule has 5 nitrogen and oxygen atoms in total. The fourth-order valence-corrected chi connectivity index (χ4v) is 2.44. The molecule has 104 valence electrons. The van der Waals surface area contributed by atoms with Gasteiger partial charge in [0.05, 0.1) is 10.5 Å². The normalized spacial score (nSPS) is 11.2. The molecule has 0 bridgehead atoms. The molecule has 1 rings (SSSR count). The Morgan fingerprint density at radius 2 is 2.11 bits per heavy atom. The van der Waals surface area contributed by atoms with Crippen LogP contribution in [0.15, 0.2) is 18.2 Å². The number of carbonyl (C=O) groups excluding carboxylic acids is 1. The minimum atomic E-state index is -0.496. The zero-order valence-corrected chi connectivity index (χ0v) is 13.4. The first-order chi connectivity index (χ1) is 8.76. The monoisotopic (exact) mass is 376 g/mol. The molecule has 0 fully saturated rings. The van der Waals surface area contributed by atoms with Crippen LogP contribution in [0.1, 0.15) is 44.0 Å². The first-order valence-corrected chi connectivity index (χ1v) is 7.11. The minimum Gasteiger partial charge on any atom is -0.347 e. The molecule has 0 saturated heterocycles. The molecular weight excluding hydrogens is 359 g/mol. The molecule has 1 aromatic rings. The lowest BCUT2D eigenvalue weighted by Crippen LogP contribution is -2.43. The van der Waals surface area contributed by atoms with Gasteiger partial charge in [-0.25, -0.2) is 0 Å². The van der Waals surface area contributed by atoms with Crippen molar-refractivity contribution in [3.63, 3.8) is 0 Å². The summed E-state index contributed by atoms with van der Waals surface area (Å²) in [6.45, 7) is 5.93. The molecule has 6 heteroatoms. The largest absolute Gasteiger partial charge is 0.347 e. The zero-order valence-electron chi connectivity index (χ0n) is 11.2. The predicted octanol–water partition coefficient (Wildman–Crippen LogP) is 3.51. The molecule has 0 saturated carbocycles. The van der Waals surface area contributed by atoms with E-state index in [4.69, 9.17) is 0 Å². The zero-order chi connectivity index (χ0) is 14.6. The summed E-state index contributed by atoms with van der Waals surface area (Å²) in [5, 5.41) is 13.7. The van der Waals surface area contributed by atoms with Crippen molar-refractivity contribution < 1.29 is 9.72 Å². The van der Waals surface area contributed by atoms with Gasteiger partial charge in [0.1, 0.15) is 0 Å². The number of nitro benzene ring substituents is 1. The molecule has 0 radical (unpaired) electrons. The van der Waals surface area contributed by atoms with Gasteiger partial charge >= 0.3 is 0 Å². The molecule has 1 aromatic carbocycles. The number of rotatable bonds is 5. The fraction of sp³-hybridized carbons (Fsp3) is 0.462. The molecule has 0 unspecified atom stereocenters. The second-order valence-corrected chi connectivity index (χ2v) is 6.17. The van der Waals surface area contributed by atoms with Crippen molar-refractivity contribution in [1.82, 2.24) is 5.32 Å². The van der Waals surface area contributed by atoms with Gasteiger partial charge in [-0.1, -0.05) is 13.3 Å². The van der Waals surface area contributed by atoms with Crippen molar-refractivity contribution in [3.05, 3.63) is 37.4 Å². The first kappa shape index (κ1) is 15.9. The maximum Gasteiger partial charge on any atom is 0.270 e. The summed E-state index contributed by atoms with van der Waals surface area (Å²) in [7, 11) is 0. The molecule has 0 spiro atoms. The molecule has 0 heterocycles. The van der Waals surface area contributed by atoms with Crippen LogP contribution in [0.4, 0.5) is 5.69 Å². The number of nitro groups is 1. The van der Waals surface area contributed by atoms with Crippen molar-refractivity contribution in [3.8, 4) is 0 Å². The average molecular weight is 376 g/mol. The molecule has 0 aliphatic carbocycles. The second kappa shape index (κ2) is 6.31. The van der Waals surface area contributed by atoms with E-state index >= 15 is 0 Å². The van der Waals surface area contributed by atoms with Crippen molar-refractivity contribution in [1.29, 1.82) is 0 Å². The number of benzene rings is 1. The van der Waals surface area contributed by atoms with Crippen molar-refractivity contribution in [2.75, 3.05) is 0 Å². The molecule has 0 aliphatic rings. The lowest BCUT2D eigenvalue weighted by Gasteiger charge is -2.26. The Morgan fingerprint density at radius 3 is 2.63 bits per heavy atom. The maximum atomic E-state index is 12.2. The van der Waals surface area contributed by atoms with E-state index in [-0.39, 0.29) is 17.1 Å². The SMILES string of the molecule is CCCC(C)(C)NC(=O)c1cc([N+](=O)[O-])ccc1I. The highest BCUT2D eigenvalue weighted by Gasteiger charge is 2.22. The highest BCUT2D eigenvalue weighted by molar-refractivity contribution is 14.1. The van der Waals surface area contributed by atoms with Gasteiger partial charge in [0.2, 0.25) is 0 Å². The fourth-order valence-electron chi connectivity index (χ4n) is 1.86. The molecule has 0 atom stereocenters. The Bertz CT molecular complexity index is 501. The summed E-state index contributed by atoms with van der Waals surface area (Å²) in [6.07, 6.45) is 1.81. The Kier molecular flexibility index (Phi) is 5.28. The molecular formula is C13H17IN2O3. The van der Waals surface area contributed by atoms with Crippen LogP contribution >= 0.6 is 22.6 Å². The van der Waals surface area contributed by atoms with Gasteiger partial charge < -0.3 is 5.32 Å². The predicted molar refractivity (Wildman–Crippen MR) is 82.3 cm³/mol. The van der Waals surface area contributed by atoms with Gasteiger partial charge in [-0.3, -0.25) is 14.9 Å². The lowest BCUT2D eigenvalue weighted by molar-refractivity contribution is -0.384. The van der Waals surface area contributed by atoms with E-state index in [1.807, 2.05) is 43.4 Å². The minimum absolute atomic E-state index is 0.0705. The van der Waals surface area contributed by atoms with Gasteiger partial charge in [0.15, 0.2) is 0 Å². The van der Waals surface area contributed by atoms with Crippen LogP contribution in [0.5, 0.6) is 0 Å². The lowest BCUT2D eigenvalue weighted by atomic mass is 9.98. The third-order valence-electron chi connectivity index (χ3n) is 2.73. The number of amides is 1. The number of nitrogens with one attached hydrogen (secondary N) is 1.